The number of aromatic carboxylic acids is 1. The predicted molar refractivity (Wildman–Crippen MR) is 67.2 cm³/mol. The van der Waals surface area contributed by atoms with Crippen LogP contribution in [0.15, 0.2) is 12.1 Å². The van der Waals surface area contributed by atoms with E-state index in [0.29, 0.717) is 36.8 Å². The number of aromatic nitrogens is 1. The van der Waals surface area contributed by atoms with Crippen molar-refractivity contribution in [2.75, 3.05) is 6.61 Å². The van der Waals surface area contributed by atoms with Crippen LogP contribution in [0.3, 0.4) is 0 Å². The second-order valence-electron chi connectivity index (χ2n) is 5.49. The van der Waals surface area contributed by atoms with Gasteiger partial charge in [0.1, 0.15) is 0 Å². The molecule has 3 rings (SSSR count). The number of ether oxygens (including phenoxy) is 1. The number of carbonyl (C=O) groups is 1. The molecule has 0 aliphatic heterocycles. The number of hydrogen-bond acceptors (Lipinski definition) is 4. The zero-order valence-electron chi connectivity index (χ0n) is 10.6. The molecule has 1 aromatic rings. The van der Waals surface area contributed by atoms with Crippen LogP contribution in [-0.4, -0.2) is 27.8 Å². The van der Waals surface area contributed by atoms with Crippen LogP contribution in [0.25, 0.3) is 0 Å². The highest BCUT2D eigenvalue weighted by molar-refractivity contribution is 5.87. The van der Waals surface area contributed by atoms with E-state index in [1.165, 1.54) is 12.8 Å². The monoisotopic (exact) mass is 263 g/mol. The molecule has 0 saturated heterocycles. The summed E-state index contributed by atoms with van der Waals surface area (Å²) in [6, 6.07) is 3.29. The van der Waals surface area contributed by atoms with Crippen molar-refractivity contribution in [3.8, 4) is 5.88 Å². The van der Waals surface area contributed by atoms with Gasteiger partial charge in [-0.25, -0.2) is 9.78 Å². The van der Waals surface area contributed by atoms with Gasteiger partial charge in [0.2, 0.25) is 5.88 Å². The van der Waals surface area contributed by atoms with Crippen LogP contribution in [0.1, 0.15) is 48.2 Å². The van der Waals surface area contributed by atoms with E-state index >= 15 is 0 Å². The van der Waals surface area contributed by atoms with Crippen LogP contribution in [0.4, 0.5) is 0 Å². The average molecular weight is 263 g/mol. The summed E-state index contributed by atoms with van der Waals surface area (Å²) in [6.45, 7) is 0.593. The van der Waals surface area contributed by atoms with E-state index in [1.54, 1.807) is 12.1 Å². The zero-order chi connectivity index (χ0) is 13.5. The number of nitrogens with zero attached hydrogens (tertiary/aromatic N) is 1. The lowest BCUT2D eigenvalue weighted by Gasteiger charge is -2.37. The van der Waals surface area contributed by atoms with E-state index in [0.717, 1.165) is 6.42 Å². The van der Waals surface area contributed by atoms with Crippen molar-refractivity contribution in [1.82, 2.24) is 4.98 Å². The maximum Gasteiger partial charge on any atom is 0.355 e. The third-order valence-electron chi connectivity index (χ3n) is 3.92. The minimum absolute atomic E-state index is 0.0875. The van der Waals surface area contributed by atoms with Crippen molar-refractivity contribution < 1.29 is 19.7 Å². The second kappa shape index (κ2) is 4.49. The Balaban J connectivity index is 1.85. The Bertz CT molecular complexity index is 506. The molecule has 5 nitrogen and oxygen atoms in total. The Morgan fingerprint density at radius 3 is 2.68 bits per heavy atom. The van der Waals surface area contributed by atoms with E-state index in [-0.39, 0.29) is 5.69 Å². The highest BCUT2D eigenvalue weighted by Crippen LogP contribution is 2.42. The van der Waals surface area contributed by atoms with E-state index in [9.17, 15) is 15.0 Å². The summed E-state index contributed by atoms with van der Waals surface area (Å²) in [7, 11) is 0. The van der Waals surface area contributed by atoms with Crippen molar-refractivity contribution >= 4 is 5.97 Å². The van der Waals surface area contributed by atoms with Gasteiger partial charge in [-0.3, -0.25) is 0 Å². The highest BCUT2D eigenvalue weighted by Gasteiger charge is 2.40. The molecule has 1 heterocycles. The molecule has 5 heteroatoms. The number of hydrogen-bond donors (Lipinski definition) is 2. The number of rotatable bonds is 5. The molecule has 19 heavy (non-hydrogen) atoms. The lowest BCUT2D eigenvalue weighted by Crippen LogP contribution is -2.35. The van der Waals surface area contributed by atoms with Crippen molar-refractivity contribution in [2.24, 2.45) is 5.92 Å². The number of carboxylic acids is 1. The Labute approximate surface area is 111 Å². The minimum atomic E-state index is -1.12. The normalized spacial score (nSPS) is 20.7. The SMILES string of the molecule is O=C(O)c1nc(OCC2CC2)ccc1C1(O)CCC1. The lowest BCUT2D eigenvalue weighted by atomic mass is 9.74. The van der Waals surface area contributed by atoms with Crippen LogP contribution in [0, 0.1) is 5.92 Å². The third kappa shape index (κ3) is 2.42. The first-order chi connectivity index (χ1) is 9.08. The maximum absolute atomic E-state index is 11.3. The maximum atomic E-state index is 11.3. The first kappa shape index (κ1) is 12.4. The standard InChI is InChI=1S/C14H17NO4/c16-13(17)12-10(14(18)6-1-7-14)4-5-11(15-12)19-8-9-2-3-9/h4-5,9,18H,1-3,6-8H2,(H,16,17). The van der Waals surface area contributed by atoms with Gasteiger partial charge in [-0.05, 0) is 44.1 Å². The average Bonchev–Trinajstić information content (AvgIpc) is 3.17. The quantitative estimate of drug-likeness (QED) is 0.848. The summed E-state index contributed by atoms with van der Waals surface area (Å²) in [6.07, 6.45) is 4.44. The van der Waals surface area contributed by atoms with Crippen LogP contribution >= 0.6 is 0 Å². The number of aliphatic hydroxyl groups is 1. The van der Waals surface area contributed by atoms with Gasteiger partial charge in [0, 0.05) is 11.6 Å². The molecule has 0 spiro atoms. The smallest absolute Gasteiger partial charge is 0.355 e. The van der Waals surface area contributed by atoms with Gasteiger partial charge >= 0.3 is 5.97 Å². The fraction of sp³-hybridized carbons (Fsp3) is 0.571. The molecule has 0 amide bonds. The lowest BCUT2D eigenvalue weighted by molar-refractivity contribution is -0.0401. The van der Waals surface area contributed by atoms with Gasteiger partial charge in [-0.15, -0.1) is 0 Å². The fourth-order valence-corrected chi connectivity index (χ4v) is 2.33. The van der Waals surface area contributed by atoms with Crippen molar-refractivity contribution in [1.29, 1.82) is 0 Å². The Kier molecular flexibility index (Phi) is 2.93. The van der Waals surface area contributed by atoms with Crippen molar-refractivity contribution in [2.45, 2.75) is 37.7 Å². The molecule has 0 bridgehead atoms. The van der Waals surface area contributed by atoms with E-state index < -0.39 is 11.6 Å². The Morgan fingerprint density at radius 2 is 2.16 bits per heavy atom. The van der Waals surface area contributed by atoms with Crippen LogP contribution in [0.2, 0.25) is 0 Å². The molecule has 2 aliphatic carbocycles. The van der Waals surface area contributed by atoms with Gasteiger partial charge in [0.25, 0.3) is 0 Å². The van der Waals surface area contributed by atoms with Gasteiger partial charge < -0.3 is 14.9 Å². The summed E-state index contributed by atoms with van der Waals surface area (Å²) in [5.41, 5.74) is -0.698. The Morgan fingerprint density at radius 1 is 1.42 bits per heavy atom. The first-order valence-electron chi connectivity index (χ1n) is 6.68. The molecular formula is C14H17NO4. The summed E-state index contributed by atoms with van der Waals surface area (Å²) in [5, 5.41) is 19.5. The van der Waals surface area contributed by atoms with Crippen LogP contribution in [-0.2, 0) is 5.60 Å². The molecule has 0 aromatic carbocycles. The van der Waals surface area contributed by atoms with E-state index in [2.05, 4.69) is 4.98 Å². The summed E-state index contributed by atoms with van der Waals surface area (Å²) >= 11 is 0. The van der Waals surface area contributed by atoms with Gasteiger partial charge in [0.05, 0.1) is 12.2 Å². The molecule has 2 N–H and O–H groups in total. The Hall–Kier alpha value is -1.62. The van der Waals surface area contributed by atoms with Gasteiger partial charge in [0.15, 0.2) is 5.69 Å². The van der Waals surface area contributed by atoms with Gasteiger partial charge in [-0.2, -0.15) is 0 Å². The molecule has 0 atom stereocenters. The van der Waals surface area contributed by atoms with E-state index in [4.69, 9.17) is 4.74 Å². The third-order valence-corrected chi connectivity index (χ3v) is 3.92. The number of carboxylic acid groups (broad SMARTS) is 1. The molecule has 0 radical (unpaired) electrons. The molecule has 2 fully saturated rings. The van der Waals surface area contributed by atoms with Crippen LogP contribution in [0.5, 0.6) is 5.88 Å². The molecule has 1 aromatic heterocycles. The second-order valence-corrected chi connectivity index (χ2v) is 5.49. The zero-order valence-corrected chi connectivity index (χ0v) is 10.6. The molecular weight excluding hydrogens is 246 g/mol. The van der Waals surface area contributed by atoms with Crippen LogP contribution < -0.4 is 4.74 Å². The fourth-order valence-electron chi connectivity index (χ4n) is 2.33. The summed E-state index contributed by atoms with van der Waals surface area (Å²) in [4.78, 5) is 15.3. The van der Waals surface area contributed by atoms with Gasteiger partial charge in [-0.1, -0.05) is 0 Å². The summed E-state index contributed by atoms with van der Waals surface area (Å²) < 4.78 is 5.48. The highest BCUT2D eigenvalue weighted by atomic mass is 16.5. The minimum Gasteiger partial charge on any atom is -0.477 e. The summed E-state index contributed by atoms with van der Waals surface area (Å²) in [5.74, 6) is -0.200. The topological polar surface area (TPSA) is 79.7 Å². The molecule has 2 aliphatic rings. The van der Waals surface area contributed by atoms with Crippen molar-refractivity contribution in [3.63, 3.8) is 0 Å². The van der Waals surface area contributed by atoms with Crippen molar-refractivity contribution in [3.05, 3.63) is 23.4 Å². The predicted octanol–water partition coefficient (Wildman–Crippen LogP) is 1.94. The molecule has 0 unspecified atom stereocenters. The number of pyridine rings is 1. The first-order valence-corrected chi connectivity index (χ1v) is 6.68. The molecule has 2 saturated carbocycles. The van der Waals surface area contributed by atoms with E-state index in [1.807, 2.05) is 0 Å². The molecule has 102 valence electrons. The largest absolute Gasteiger partial charge is 0.477 e.